The van der Waals surface area contributed by atoms with Crippen LogP contribution in [0.3, 0.4) is 0 Å². The second kappa shape index (κ2) is 4.66. The lowest BCUT2D eigenvalue weighted by atomic mass is 10.2. The molecule has 0 saturated heterocycles. The largest absolute Gasteiger partial charge is 0.447 e. The number of esters is 1. The van der Waals surface area contributed by atoms with Crippen molar-refractivity contribution in [2.45, 2.75) is 19.4 Å². The van der Waals surface area contributed by atoms with E-state index in [1.807, 2.05) is 24.3 Å². The molecule has 0 aliphatic rings. The van der Waals surface area contributed by atoms with Crippen LogP contribution in [0.1, 0.15) is 12.6 Å². The summed E-state index contributed by atoms with van der Waals surface area (Å²) in [5.74, 6) is -0.488. The van der Waals surface area contributed by atoms with Gasteiger partial charge in [0.2, 0.25) is 0 Å². The number of benzene rings is 1. The Hall–Kier alpha value is -2.35. The first-order valence-corrected chi connectivity index (χ1v) is 5.13. The Balaban J connectivity index is 2.14. The zero-order chi connectivity index (χ0) is 12.3. The maximum absolute atomic E-state index is 11.5. The summed E-state index contributed by atoms with van der Waals surface area (Å²) in [5, 5.41) is 13.1. The number of para-hydroxylation sites is 1. The summed E-state index contributed by atoms with van der Waals surface area (Å²) >= 11 is 0. The van der Waals surface area contributed by atoms with Gasteiger partial charge in [-0.2, -0.15) is 5.26 Å². The van der Waals surface area contributed by atoms with E-state index in [2.05, 4.69) is 5.16 Å². The van der Waals surface area contributed by atoms with Crippen molar-refractivity contribution in [2.75, 3.05) is 0 Å². The lowest BCUT2D eigenvalue weighted by Crippen LogP contribution is -2.15. The van der Waals surface area contributed by atoms with Crippen molar-refractivity contribution >= 4 is 16.9 Å². The minimum absolute atomic E-state index is 0.00301. The molecule has 0 bridgehead atoms. The molecule has 0 saturated carbocycles. The molecule has 2 aromatic rings. The van der Waals surface area contributed by atoms with Gasteiger partial charge < -0.3 is 9.26 Å². The van der Waals surface area contributed by atoms with Crippen LogP contribution in [0, 0.1) is 11.3 Å². The molecule has 1 atom stereocenters. The second-order valence-electron chi connectivity index (χ2n) is 3.56. The molecular formula is C12H10N2O3. The summed E-state index contributed by atoms with van der Waals surface area (Å²) in [6.45, 7) is 1.51. The molecule has 5 heteroatoms. The van der Waals surface area contributed by atoms with Gasteiger partial charge in [-0.05, 0) is 19.1 Å². The van der Waals surface area contributed by atoms with Crippen LogP contribution in [0.25, 0.3) is 11.0 Å². The minimum atomic E-state index is -0.749. The van der Waals surface area contributed by atoms with Crippen molar-refractivity contribution in [3.8, 4) is 6.07 Å². The molecule has 1 heterocycles. The second-order valence-corrected chi connectivity index (χ2v) is 3.56. The van der Waals surface area contributed by atoms with Gasteiger partial charge in [-0.25, -0.2) is 0 Å². The van der Waals surface area contributed by atoms with Crippen LogP contribution >= 0.6 is 0 Å². The Bertz CT molecular complexity index is 583. The fourth-order valence-electron chi connectivity index (χ4n) is 1.47. The van der Waals surface area contributed by atoms with Crippen molar-refractivity contribution in [2.24, 2.45) is 0 Å². The summed E-state index contributed by atoms with van der Waals surface area (Å²) in [6.07, 6.45) is -0.746. The maximum atomic E-state index is 11.5. The highest BCUT2D eigenvalue weighted by Crippen LogP contribution is 2.18. The molecule has 0 N–H and O–H groups in total. The summed E-state index contributed by atoms with van der Waals surface area (Å²) < 4.78 is 9.90. The number of aromatic nitrogens is 1. The van der Waals surface area contributed by atoms with Crippen molar-refractivity contribution in [1.82, 2.24) is 5.16 Å². The van der Waals surface area contributed by atoms with Crippen LogP contribution < -0.4 is 0 Å². The number of fused-ring (bicyclic) bond motifs is 1. The SMILES string of the molecule is C[C@H](C#N)OC(=O)Cc1noc2ccccc12. The average molecular weight is 230 g/mol. The fourth-order valence-corrected chi connectivity index (χ4v) is 1.47. The van der Waals surface area contributed by atoms with E-state index in [9.17, 15) is 4.79 Å². The van der Waals surface area contributed by atoms with E-state index in [0.29, 0.717) is 11.3 Å². The van der Waals surface area contributed by atoms with Crippen LogP contribution in [-0.4, -0.2) is 17.2 Å². The van der Waals surface area contributed by atoms with Crippen LogP contribution in [-0.2, 0) is 16.0 Å². The number of nitriles is 1. The third-order valence-electron chi connectivity index (χ3n) is 2.25. The third kappa shape index (κ3) is 2.42. The smallest absolute Gasteiger partial charge is 0.313 e. The monoisotopic (exact) mass is 230 g/mol. The van der Waals surface area contributed by atoms with Crippen molar-refractivity contribution < 1.29 is 14.1 Å². The van der Waals surface area contributed by atoms with E-state index in [0.717, 1.165) is 5.39 Å². The molecule has 1 aromatic carbocycles. The van der Waals surface area contributed by atoms with Gasteiger partial charge in [0.15, 0.2) is 11.7 Å². The lowest BCUT2D eigenvalue weighted by molar-refractivity contribution is -0.145. The highest BCUT2D eigenvalue weighted by Gasteiger charge is 2.14. The lowest BCUT2D eigenvalue weighted by Gasteiger charge is -2.03. The van der Waals surface area contributed by atoms with E-state index in [4.69, 9.17) is 14.5 Å². The first-order chi connectivity index (χ1) is 8.20. The molecule has 17 heavy (non-hydrogen) atoms. The maximum Gasteiger partial charge on any atom is 0.313 e. The summed E-state index contributed by atoms with van der Waals surface area (Å²) in [7, 11) is 0. The first kappa shape index (κ1) is 11.1. The topological polar surface area (TPSA) is 76.1 Å². The summed E-state index contributed by atoms with van der Waals surface area (Å²) in [6, 6.07) is 9.09. The van der Waals surface area contributed by atoms with Crippen LogP contribution in [0.15, 0.2) is 28.8 Å². The zero-order valence-corrected chi connectivity index (χ0v) is 9.21. The fraction of sp³-hybridized carbons (Fsp3) is 0.250. The van der Waals surface area contributed by atoms with Gasteiger partial charge in [-0.15, -0.1) is 0 Å². The number of nitrogens with zero attached hydrogens (tertiary/aromatic N) is 2. The number of hydrogen-bond acceptors (Lipinski definition) is 5. The highest BCUT2D eigenvalue weighted by molar-refractivity contribution is 5.84. The van der Waals surface area contributed by atoms with Gasteiger partial charge >= 0.3 is 5.97 Å². The van der Waals surface area contributed by atoms with Gasteiger partial charge in [0.25, 0.3) is 0 Å². The highest BCUT2D eigenvalue weighted by atomic mass is 16.5. The van der Waals surface area contributed by atoms with Crippen molar-refractivity contribution in [3.63, 3.8) is 0 Å². The molecule has 0 spiro atoms. The normalized spacial score (nSPS) is 12.0. The van der Waals surface area contributed by atoms with Gasteiger partial charge in [0.05, 0.1) is 6.42 Å². The van der Waals surface area contributed by atoms with E-state index < -0.39 is 12.1 Å². The zero-order valence-electron chi connectivity index (χ0n) is 9.21. The van der Waals surface area contributed by atoms with Crippen LogP contribution in [0.5, 0.6) is 0 Å². The molecule has 5 nitrogen and oxygen atoms in total. The van der Waals surface area contributed by atoms with E-state index in [-0.39, 0.29) is 6.42 Å². The molecule has 0 unspecified atom stereocenters. The molecule has 0 aliphatic heterocycles. The van der Waals surface area contributed by atoms with Crippen molar-refractivity contribution in [1.29, 1.82) is 5.26 Å². The average Bonchev–Trinajstić information content (AvgIpc) is 2.72. The van der Waals surface area contributed by atoms with E-state index in [1.165, 1.54) is 6.92 Å². The number of rotatable bonds is 3. The van der Waals surface area contributed by atoms with Gasteiger partial charge in [0, 0.05) is 5.39 Å². The van der Waals surface area contributed by atoms with Gasteiger partial charge in [-0.3, -0.25) is 4.79 Å². The number of hydrogen-bond donors (Lipinski definition) is 0. The molecule has 86 valence electrons. The quantitative estimate of drug-likeness (QED) is 0.752. The van der Waals surface area contributed by atoms with E-state index in [1.54, 1.807) is 6.07 Å². The summed E-state index contributed by atoms with van der Waals surface area (Å²) in [4.78, 5) is 11.5. The Morgan fingerprint density at radius 1 is 1.59 bits per heavy atom. The molecule has 0 amide bonds. The standard InChI is InChI=1S/C12H10N2O3/c1-8(7-13)16-12(15)6-10-9-4-2-3-5-11(9)17-14-10/h2-5,8H,6H2,1H3/t8-/m1/s1. The molecule has 1 aromatic heterocycles. The predicted molar refractivity (Wildman–Crippen MR) is 58.9 cm³/mol. The molecule has 2 rings (SSSR count). The Labute approximate surface area is 97.6 Å². The third-order valence-corrected chi connectivity index (χ3v) is 2.25. The van der Waals surface area contributed by atoms with E-state index >= 15 is 0 Å². The van der Waals surface area contributed by atoms with Gasteiger partial charge in [0.1, 0.15) is 11.8 Å². The molecular weight excluding hydrogens is 220 g/mol. The molecule has 0 radical (unpaired) electrons. The predicted octanol–water partition coefficient (Wildman–Crippen LogP) is 1.83. The van der Waals surface area contributed by atoms with Crippen molar-refractivity contribution in [3.05, 3.63) is 30.0 Å². The van der Waals surface area contributed by atoms with Crippen LogP contribution in [0.2, 0.25) is 0 Å². The van der Waals surface area contributed by atoms with Crippen LogP contribution in [0.4, 0.5) is 0 Å². The molecule has 0 fully saturated rings. The Morgan fingerprint density at radius 3 is 3.12 bits per heavy atom. The summed E-state index contributed by atoms with van der Waals surface area (Å²) in [5.41, 5.74) is 1.15. The first-order valence-electron chi connectivity index (χ1n) is 5.13. The Kier molecular flexibility index (Phi) is 3.06. The number of ether oxygens (including phenoxy) is 1. The van der Waals surface area contributed by atoms with Gasteiger partial charge in [-0.1, -0.05) is 17.3 Å². The minimum Gasteiger partial charge on any atom is -0.447 e. The Morgan fingerprint density at radius 2 is 2.35 bits per heavy atom. The number of carbonyl (C=O) groups is 1. The molecule has 0 aliphatic carbocycles. The number of carbonyl (C=O) groups excluding carboxylic acids is 1.